The van der Waals surface area contributed by atoms with E-state index in [4.69, 9.17) is 10.2 Å². The number of hydrogen-bond acceptors (Lipinski definition) is 6. The molecular formula is C18H28CaF2O8. The van der Waals surface area contributed by atoms with Crippen LogP contribution in [-0.4, -0.2) is 84.2 Å². The summed E-state index contributed by atoms with van der Waals surface area (Å²) in [5, 5.41) is 36.9. The number of carboxylic acids is 4. The quantitative estimate of drug-likeness (QED) is 0.283. The summed E-state index contributed by atoms with van der Waals surface area (Å²) in [6.07, 6.45) is -1.43. The van der Waals surface area contributed by atoms with Gasteiger partial charge in [-0.25, -0.2) is 8.78 Å². The number of aliphatic carboxylic acids is 4. The Morgan fingerprint density at radius 1 is 0.690 bits per heavy atom. The van der Waals surface area contributed by atoms with E-state index in [1.165, 1.54) is 0 Å². The molecule has 0 aromatic carbocycles. The van der Waals surface area contributed by atoms with E-state index in [0.29, 0.717) is 38.5 Å². The van der Waals surface area contributed by atoms with Crippen LogP contribution < -0.4 is 10.2 Å². The van der Waals surface area contributed by atoms with Gasteiger partial charge in [0.05, 0.1) is 23.8 Å². The van der Waals surface area contributed by atoms with Gasteiger partial charge in [0.1, 0.15) is 12.3 Å². The molecule has 0 fully saturated rings. The van der Waals surface area contributed by atoms with Crippen molar-refractivity contribution in [1.29, 1.82) is 0 Å². The average Bonchev–Trinajstić information content (AvgIpc) is 2.61. The summed E-state index contributed by atoms with van der Waals surface area (Å²) in [6.45, 7) is 3.13. The topological polar surface area (TPSA) is 155 Å². The van der Waals surface area contributed by atoms with Crippen molar-refractivity contribution >= 4 is 61.6 Å². The molecule has 0 aliphatic rings. The van der Waals surface area contributed by atoms with Crippen molar-refractivity contribution in [3.05, 3.63) is 0 Å². The number of rotatable bonds is 14. The SMILES string of the molecule is CC(CCCC[C@@H](F)C(=O)[O-])C(=O)O.CC(CCCC[C@@H](F)C(=O)[O-])C(=O)O.[Ca+2]. The summed E-state index contributed by atoms with van der Waals surface area (Å²) in [5.41, 5.74) is 0. The third kappa shape index (κ3) is 20.1. The van der Waals surface area contributed by atoms with Crippen molar-refractivity contribution in [3.8, 4) is 0 Å². The van der Waals surface area contributed by atoms with Gasteiger partial charge in [0, 0.05) is 0 Å². The molecule has 0 saturated carbocycles. The van der Waals surface area contributed by atoms with Crippen LogP contribution in [0.25, 0.3) is 0 Å². The van der Waals surface area contributed by atoms with Crippen LogP contribution in [0, 0.1) is 11.8 Å². The fourth-order valence-corrected chi connectivity index (χ4v) is 2.03. The van der Waals surface area contributed by atoms with Gasteiger partial charge in [-0.1, -0.05) is 39.5 Å². The summed E-state index contributed by atoms with van der Waals surface area (Å²) < 4.78 is 24.9. The van der Waals surface area contributed by atoms with Crippen LogP contribution >= 0.6 is 0 Å². The van der Waals surface area contributed by atoms with Crippen LogP contribution in [0.1, 0.15) is 65.2 Å². The molecule has 0 aliphatic carbocycles. The second kappa shape index (κ2) is 19.0. The number of alkyl halides is 2. The van der Waals surface area contributed by atoms with E-state index in [1.54, 1.807) is 13.8 Å². The molecule has 8 nitrogen and oxygen atoms in total. The van der Waals surface area contributed by atoms with E-state index in [2.05, 4.69) is 0 Å². The van der Waals surface area contributed by atoms with Gasteiger partial charge in [0.2, 0.25) is 0 Å². The molecule has 0 radical (unpaired) electrons. The van der Waals surface area contributed by atoms with Crippen LogP contribution in [0.2, 0.25) is 0 Å². The fourth-order valence-electron chi connectivity index (χ4n) is 2.03. The molecule has 0 aliphatic heterocycles. The Kier molecular flexibility index (Phi) is 21.4. The maximum Gasteiger partial charge on any atom is 2.00 e. The Morgan fingerprint density at radius 3 is 1.14 bits per heavy atom. The Labute approximate surface area is 198 Å². The summed E-state index contributed by atoms with van der Waals surface area (Å²) in [5.74, 6) is -6.09. The second-order valence-electron chi connectivity index (χ2n) is 6.62. The van der Waals surface area contributed by atoms with E-state index in [9.17, 15) is 38.2 Å². The molecule has 4 atom stereocenters. The van der Waals surface area contributed by atoms with Crippen molar-refractivity contribution in [1.82, 2.24) is 0 Å². The number of carbonyl (C=O) groups excluding carboxylic acids is 2. The standard InChI is InChI=1S/2C9H15FO4.Ca/c2*1-6(8(11)12)4-2-3-5-7(10)9(13)14;/h2*6-7H,2-5H2,1H3,(H,11,12)(H,13,14);/q;;+2/p-2/t2*6?,7-;/m11./s1. The third-order valence-corrected chi connectivity index (χ3v) is 4.04. The molecule has 0 bridgehead atoms. The Hall–Kier alpha value is -1.00. The van der Waals surface area contributed by atoms with Crippen molar-refractivity contribution in [3.63, 3.8) is 0 Å². The molecule has 2 N–H and O–H groups in total. The average molecular weight is 450 g/mol. The molecule has 0 amide bonds. The number of carbonyl (C=O) groups is 4. The maximum absolute atomic E-state index is 12.4. The minimum atomic E-state index is -1.94. The molecule has 0 rings (SSSR count). The van der Waals surface area contributed by atoms with Gasteiger partial charge in [-0.2, -0.15) is 0 Å². The monoisotopic (exact) mass is 450 g/mol. The Morgan fingerprint density at radius 2 is 0.931 bits per heavy atom. The molecule has 2 unspecified atom stereocenters. The van der Waals surface area contributed by atoms with E-state index >= 15 is 0 Å². The molecule has 29 heavy (non-hydrogen) atoms. The molecule has 0 spiro atoms. The van der Waals surface area contributed by atoms with E-state index in [-0.39, 0.29) is 50.6 Å². The van der Waals surface area contributed by atoms with Gasteiger partial charge in [0.15, 0.2) is 0 Å². The molecule has 0 aromatic rings. The zero-order chi connectivity index (χ0) is 22.3. The first-order valence-corrected chi connectivity index (χ1v) is 9.05. The molecular weight excluding hydrogens is 422 g/mol. The normalized spacial score (nSPS) is 14.2. The van der Waals surface area contributed by atoms with E-state index in [0.717, 1.165) is 0 Å². The summed E-state index contributed by atoms with van der Waals surface area (Å²) in [7, 11) is 0. The van der Waals surface area contributed by atoms with Gasteiger partial charge in [-0.05, 0) is 25.7 Å². The number of carboxylic acid groups (broad SMARTS) is 4. The van der Waals surface area contributed by atoms with Crippen molar-refractivity contribution in [2.75, 3.05) is 0 Å². The molecule has 164 valence electrons. The minimum Gasteiger partial charge on any atom is -0.547 e. The summed E-state index contributed by atoms with van der Waals surface area (Å²) >= 11 is 0. The van der Waals surface area contributed by atoms with E-state index in [1.807, 2.05) is 0 Å². The van der Waals surface area contributed by atoms with E-state index < -0.39 is 48.1 Å². The van der Waals surface area contributed by atoms with Gasteiger partial charge in [-0.3, -0.25) is 9.59 Å². The summed E-state index contributed by atoms with van der Waals surface area (Å²) in [6, 6.07) is 0. The van der Waals surface area contributed by atoms with Gasteiger partial charge >= 0.3 is 49.7 Å². The van der Waals surface area contributed by atoms with Crippen molar-refractivity contribution in [2.24, 2.45) is 11.8 Å². The van der Waals surface area contributed by atoms with Crippen molar-refractivity contribution in [2.45, 2.75) is 77.6 Å². The zero-order valence-corrected chi connectivity index (χ0v) is 19.0. The van der Waals surface area contributed by atoms with Gasteiger partial charge < -0.3 is 30.0 Å². The molecule has 0 aromatic heterocycles. The molecule has 11 heteroatoms. The predicted molar refractivity (Wildman–Crippen MR) is 96.1 cm³/mol. The second-order valence-corrected chi connectivity index (χ2v) is 6.62. The Balaban J connectivity index is -0.000000451. The fraction of sp³-hybridized carbons (Fsp3) is 0.778. The molecule has 0 saturated heterocycles. The first kappa shape index (κ1) is 32.7. The van der Waals surface area contributed by atoms with Gasteiger partial charge in [0.25, 0.3) is 0 Å². The van der Waals surface area contributed by atoms with Crippen LogP contribution in [0.15, 0.2) is 0 Å². The van der Waals surface area contributed by atoms with Crippen LogP contribution in [0.4, 0.5) is 8.78 Å². The molecule has 0 heterocycles. The summed E-state index contributed by atoms with van der Waals surface area (Å²) in [4.78, 5) is 40.6. The smallest absolute Gasteiger partial charge is 0.547 e. The van der Waals surface area contributed by atoms with Crippen molar-refractivity contribution < 1.29 is 48.4 Å². The predicted octanol–water partition coefficient (Wildman–Crippen LogP) is 0.330. The van der Waals surface area contributed by atoms with Crippen LogP contribution in [0.3, 0.4) is 0 Å². The van der Waals surface area contributed by atoms with Crippen LogP contribution in [0.5, 0.6) is 0 Å². The number of hydrogen-bond donors (Lipinski definition) is 2. The number of unbranched alkanes of at least 4 members (excludes halogenated alkanes) is 2. The maximum atomic E-state index is 12.4. The number of halogens is 2. The first-order valence-electron chi connectivity index (χ1n) is 9.05. The van der Waals surface area contributed by atoms with Gasteiger partial charge in [-0.15, -0.1) is 0 Å². The third-order valence-electron chi connectivity index (χ3n) is 4.04. The largest absolute Gasteiger partial charge is 2.00 e. The minimum absolute atomic E-state index is 0. The Bertz CT molecular complexity index is 416. The van der Waals surface area contributed by atoms with Crippen LogP contribution in [-0.2, 0) is 19.2 Å². The first-order chi connectivity index (χ1) is 12.9. The zero-order valence-electron chi connectivity index (χ0n) is 16.8.